The Kier molecular flexibility index (Phi) is 4.16. The number of nitrogen functional groups attached to an aromatic ring is 1. The molecule has 0 spiro atoms. The average molecular weight is 357 g/mol. The fourth-order valence-electron chi connectivity index (χ4n) is 3.59. The molecule has 0 aliphatic rings. The van der Waals surface area contributed by atoms with Crippen LogP contribution in [0, 0.1) is 0 Å². The molecule has 0 fully saturated rings. The first-order valence-electron chi connectivity index (χ1n) is 8.61. The second-order valence-electron chi connectivity index (χ2n) is 6.29. The van der Waals surface area contributed by atoms with Crippen molar-refractivity contribution in [2.75, 3.05) is 20.0 Å². The average Bonchev–Trinajstić information content (AvgIpc) is 2.72. The van der Waals surface area contributed by atoms with Gasteiger partial charge in [-0.15, -0.1) is 0 Å². The Bertz CT molecular complexity index is 1180. The van der Waals surface area contributed by atoms with E-state index in [-0.39, 0.29) is 0 Å². The molecule has 4 aromatic rings. The maximum absolute atomic E-state index is 12.6. The van der Waals surface area contributed by atoms with Crippen LogP contribution in [0.15, 0.2) is 66.7 Å². The zero-order valence-corrected chi connectivity index (χ0v) is 15.2. The molecular weight excluding hydrogens is 338 g/mol. The van der Waals surface area contributed by atoms with E-state index in [4.69, 9.17) is 15.2 Å². The van der Waals surface area contributed by atoms with Crippen molar-refractivity contribution in [1.82, 2.24) is 0 Å². The van der Waals surface area contributed by atoms with E-state index in [1.807, 2.05) is 66.7 Å². The standard InChI is InChI=1S/C23H19NO3/c1-26-20-12-11-17(16-9-5-6-10-18(16)20)19-13-14-7-3-4-8-15(14)22(24)21(19)23(25)27-2/h3-13H,24H2,1-2H3. The fourth-order valence-corrected chi connectivity index (χ4v) is 3.59. The summed E-state index contributed by atoms with van der Waals surface area (Å²) < 4.78 is 10.5. The first-order chi connectivity index (χ1) is 13.2. The molecule has 2 N–H and O–H groups in total. The summed E-state index contributed by atoms with van der Waals surface area (Å²) >= 11 is 0. The molecule has 0 radical (unpaired) electrons. The van der Waals surface area contributed by atoms with E-state index in [0.717, 1.165) is 38.4 Å². The second-order valence-corrected chi connectivity index (χ2v) is 6.29. The number of carbonyl (C=O) groups excluding carboxylic acids is 1. The predicted octanol–water partition coefficient (Wildman–Crippen LogP) is 5.04. The molecule has 4 heteroatoms. The van der Waals surface area contributed by atoms with Crippen LogP contribution in [0.25, 0.3) is 32.7 Å². The Balaban J connectivity index is 2.13. The molecule has 0 aliphatic carbocycles. The van der Waals surface area contributed by atoms with E-state index in [1.54, 1.807) is 7.11 Å². The summed E-state index contributed by atoms with van der Waals surface area (Å²) in [5.41, 5.74) is 8.87. The van der Waals surface area contributed by atoms with E-state index in [1.165, 1.54) is 7.11 Å². The lowest BCUT2D eigenvalue weighted by Crippen LogP contribution is -2.08. The van der Waals surface area contributed by atoms with Crippen LogP contribution in [-0.2, 0) is 4.74 Å². The van der Waals surface area contributed by atoms with Crippen molar-refractivity contribution in [3.63, 3.8) is 0 Å². The number of methoxy groups -OCH3 is 2. The molecule has 0 aliphatic heterocycles. The highest BCUT2D eigenvalue weighted by Crippen LogP contribution is 2.40. The van der Waals surface area contributed by atoms with Crippen LogP contribution in [0.4, 0.5) is 5.69 Å². The Morgan fingerprint density at radius 3 is 2.19 bits per heavy atom. The molecule has 0 atom stereocenters. The lowest BCUT2D eigenvalue weighted by Gasteiger charge is -2.16. The van der Waals surface area contributed by atoms with E-state index >= 15 is 0 Å². The van der Waals surface area contributed by atoms with Gasteiger partial charge in [0.05, 0.1) is 25.5 Å². The fraction of sp³-hybridized carbons (Fsp3) is 0.0870. The van der Waals surface area contributed by atoms with Crippen molar-refractivity contribution in [2.24, 2.45) is 0 Å². The van der Waals surface area contributed by atoms with Gasteiger partial charge in [-0.25, -0.2) is 4.79 Å². The minimum Gasteiger partial charge on any atom is -0.496 e. The Morgan fingerprint density at radius 2 is 1.48 bits per heavy atom. The van der Waals surface area contributed by atoms with Crippen LogP contribution in [0.1, 0.15) is 10.4 Å². The van der Waals surface area contributed by atoms with Crippen LogP contribution in [-0.4, -0.2) is 20.2 Å². The summed E-state index contributed by atoms with van der Waals surface area (Å²) in [6, 6.07) is 21.6. The van der Waals surface area contributed by atoms with Crippen molar-refractivity contribution in [1.29, 1.82) is 0 Å². The van der Waals surface area contributed by atoms with Crippen LogP contribution in [0.2, 0.25) is 0 Å². The smallest absolute Gasteiger partial charge is 0.340 e. The first-order valence-corrected chi connectivity index (χ1v) is 8.61. The molecule has 0 unspecified atom stereocenters. The Labute approximate surface area is 157 Å². The highest BCUT2D eigenvalue weighted by molar-refractivity contribution is 6.14. The van der Waals surface area contributed by atoms with E-state index in [0.29, 0.717) is 11.3 Å². The number of hydrogen-bond acceptors (Lipinski definition) is 4. The van der Waals surface area contributed by atoms with Gasteiger partial charge in [0.25, 0.3) is 0 Å². The molecule has 0 aromatic heterocycles. The molecule has 0 amide bonds. The van der Waals surface area contributed by atoms with Crippen molar-refractivity contribution >= 4 is 33.2 Å². The lowest BCUT2D eigenvalue weighted by atomic mass is 9.90. The summed E-state index contributed by atoms with van der Waals surface area (Å²) in [6.45, 7) is 0. The van der Waals surface area contributed by atoms with Crippen LogP contribution in [0.3, 0.4) is 0 Å². The van der Waals surface area contributed by atoms with Gasteiger partial charge >= 0.3 is 5.97 Å². The number of hydrogen-bond donors (Lipinski definition) is 1. The van der Waals surface area contributed by atoms with Gasteiger partial charge in [-0.1, -0.05) is 54.6 Å². The predicted molar refractivity (Wildman–Crippen MR) is 109 cm³/mol. The largest absolute Gasteiger partial charge is 0.496 e. The SMILES string of the molecule is COC(=O)c1c(-c2ccc(OC)c3ccccc23)cc2ccccc2c1N. The van der Waals surface area contributed by atoms with Gasteiger partial charge in [-0.2, -0.15) is 0 Å². The van der Waals surface area contributed by atoms with Gasteiger partial charge in [0.1, 0.15) is 5.75 Å². The molecule has 4 aromatic carbocycles. The molecule has 0 heterocycles. The second kappa shape index (κ2) is 6.65. The number of rotatable bonds is 3. The third-order valence-corrected chi connectivity index (χ3v) is 4.87. The highest BCUT2D eigenvalue weighted by Gasteiger charge is 2.21. The van der Waals surface area contributed by atoms with Gasteiger partial charge in [-0.05, 0) is 34.0 Å². The number of esters is 1. The normalized spacial score (nSPS) is 10.9. The highest BCUT2D eigenvalue weighted by atomic mass is 16.5. The van der Waals surface area contributed by atoms with Gasteiger partial charge < -0.3 is 15.2 Å². The van der Waals surface area contributed by atoms with Gasteiger partial charge in [0.15, 0.2) is 0 Å². The third kappa shape index (κ3) is 2.66. The summed E-state index contributed by atoms with van der Waals surface area (Å²) in [5.74, 6) is 0.330. The molecule has 4 rings (SSSR count). The molecular formula is C23H19NO3. The van der Waals surface area contributed by atoms with Gasteiger partial charge in [0, 0.05) is 10.8 Å². The number of carbonyl (C=O) groups is 1. The molecule has 4 nitrogen and oxygen atoms in total. The van der Waals surface area contributed by atoms with Crippen molar-refractivity contribution in [3.05, 3.63) is 72.3 Å². The number of benzene rings is 4. The maximum atomic E-state index is 12.6. The minimum atomic E-state index is -0.451. The van der Waals surface area contributed by atoms with E-state index in [9.17, 15) is 4.79 Å². The summed E-state index contributed by atoms with van der Waals surface area (Å²) in [7, 11) is 3.02. The Morgan fingerprint density at radius 1 is 0.815 bits per heavy atom. The van der Waals surface area contributed by atoms with E-state index < -0.39 is 5.97 Å². The quantitative estimate of drug-likeness (QED) is 0.412. The summed E-state index contributed by atoms with van der Waals surface area (Å²) in [6.07, 6.45) is 0. The Hall–Kier alpha value is -3.53. The number of fused-ring (bicyclic) bond motifs is 2. The van der Waals surface area contributed by atoms with Crippen LogP contribution in [0.5, 0.6) is 5.75 Å². The summed E-state index contributed by atoms with van der Waals surface area (Å²) in [4.78, 5) is 12.6. The maximum Gasteiger partial charge on any atom is 0.340 e. The zero-order chi connectivity index (χ0) is 19.0. The monoisotopic (exact) mass is 357 g/mol. The van der Waals surface area contributed by atoms with Crippen molar-refractivity contribution in [3.8, 4) is 16.9 Å². The zero-order valence-electron chi connectivity index (χ0n) is 15.2. The summed E-state index contributed by atoms with van der Waals surface area (Å²) in [5, 5.41) is 3.76. The molecule has 0 bridgehead atoms. The number of ether oxygens (including phenoxy) is 2. The van der Waals surface area contributed by atoms with Crippen molar-refractivity contribution < 1.29 is 14.3 Å². The van der Waals surface area contributed by atoms with Crippen LogP contribution >= 0.6 is 0 Å². The number of nitrogens with two attached hydrogens (primary N) is 1. The topological polar surface area (TPSA) is 61.5 Å². The van der Waals surface area contributed by atoms with Crippen molar-refractivity contribution in [2.45, 2.75) is 0 Å². The third-order valence-electron chi connectivity index (χ3n) is 4.87. The molecule has 27 heavy (non-hydrogen) atoms. The molecule has 0 saturated carbocycles. The van der Waals surface area contributed by atoms with E-state index in [2.05, 4.69) is 0 Å². The first kappa shape index (κ1) is 16.9. The van der Waals surface area contributed by atoms with Gasteiger partial charge in [-0.3, -0.25) is 0 Å². The van der Waals surface area contributed by atoms with Gasteiger partial charge in [0.2, 0.25) is 0 Å². The van der Waals surface area contributed by atoms with Crippen LogP contribution < -0.4 is 10.5 Å². The molecule has 0 saturated heterocycles. The minimum absolute atomic E-state index is 0.381. The number of anilines is 1. The molecule has 134 valence electrons. The lowest BCUT2D eigenvalue weighted by molar-refractivity contribution is 0.0603.